The van der Waals surface area contributed by atoms with Crippen molar-refractivity contribution in [3.05, 3.63) is 63.7 Å². The van der Waals surface area contributed by atoms with Crippen LogP contribution in [0.2, 0.25) is 10.0 Å². The van der Waals surface area contributed by atoms with Crippen molar-refractivity contribution in [1.82, 2.24) is 24.9 Å². The van der Waals surface area contributed by atoms with E-state index in [1.54, 1.807) is 35.1 Å². The summed E-state index contributed by atoms with van der Waals surface area (Å²) in [6.07, 6.45) is 1.65. The van der Waals surface area contributed by atoms with E-state index in [9.17, 15) is 4.79 Å². The summed E-state index contributed by atoms with van der Waals surface area (Å²) in [5.74, 6) is 0.0993. The van der Waals surface area contributed by atoms with Gasteiger partial charge >= 0.3 is 0 Å². The van der Waals surface area contributed by atoms with Gasteiger partial charge in [0.1, 0.15) is 5.69 Å². The molecule has 2 heterocycles. The van der Waals surface area contributed by atoms with Crippen LogP contribution in [0.3, 0.4) is 0 Å². The molecule has 0 aliphatic heterocycles. The minimum Gasteiger partial charge on any atom is -0.468 e. The molecule has 1 aromatic carbocycles. The predicted molar refractivity (Wildman–Crippen MR) is 98.4 cm³/mol. The van der Waals surface area contributed by atoms with Gasteiger partial charge in [-0.25, -0.2) is 4.68 Å². The molecule has 0 saturated heterocycles. The number of nitrogens with zero attached hydrogens (tertiary/aromatic N) is 4. The average molecular weight is 394 g/mol. The molecule has 3 aromatic rings. The van der Waals surface area contributed by atoms with Crippen molar-refractivity contribution in [3.8, 4) is 5.75 Å². The smallest absolute Gasteiger partial charge is 0.272 e. The predicted octanol–water partition coefficient (Wildman–Crippen LogP) is 3.20. The second kappa shape index (κ2) is 7.80. The maximum Gasteiger partial charge on any atom is 0.272 e. The minimum atomic E-state index is -0.279. The molecule has 0 radical (unpaired) electrons. The Morgan fingerprint density at radius 1 is 1.23 bits per heavy atom. The summed E-state index contributed by atoms with van der Waals surface area (Å²) in [4.78, 5) is 12.2. The van der Waals surface area contributed by atoms with E-state index in [4.69, 9.17) is 27.9 Å². The van der Waals surface area contributed by atoms with E-state index >= 15 is 0 Å². The lowest BCUT2D eigenvalue weighted by molar-refractivity contribution is 0.0943. The third-order valence-corrected chi connectivity index (χ3v) is 4.26. The Hall–Kier alpha value is -2.51. The number of nitrogens with one attached hydrogen (secondary N) is 1. The standard InChI is InChI=1S/C17H17Cl2N5O2/c1-11-8-12(23(2)21-11)9-20-17(25)15-6-7-24(22-15)10-26-16-13(18)4-3-5-14(16)19/h3-8H,9-10H2,1-2H3,(H,20,25). The van der Waals surface area contributed by atoms with Crippen LogP contribution in [0, 0.1) is 6.92 Å². The summed E-state index contributed by atoms with van der Waals surface area (Å²) in [5, 5.41) is 12.1. The van der Waals surface area contributed by atoms with Crippen molar-refractivity contribution >= 4 is 29.1 Å². The fourth-order valence-corrected chi connectivity index (χ4v) is 2.90. The molecule has 7 nitrogen and oxygen atoms in total. The highest BCUT2D eigenvalue weighted by Gasteiger charge is 2.12. The third-order valence-electron chi connectivity index (χ3n) is 3.66. The summed E-state index contributed by atoms with van der Waals surface area (Å²) in [7, 11) is 1.83. The average Bonchev–Trinajstić information content (AvgIpc) is 3.18. The quantitative estimate of drug-likeness (QED) is 0.697. The van der Waals surface area contributed by atoms with Crippen LogP contribution in [0.25, 0.3) is 0 Å². The number of halogens is 2. The van der Waals surface area contributed by atoms with Crippen molar-refractivity contribution in [2.75, 3.05) is 0 Å². The molecule has 1 N–H and O–H groups in total. The minimum absolute atomic E-state index is 0.0810. The van der Waals surface area contributed by atoms with Crippen molar-refractivity contribution < 1.29 is 9.53 Å². The molecule has 3 rings (SSSR count). The number of aromatic nitrogens is 4. The number of para-hydroxylation sites is 1. The van der Waals surface area contributed by atoms with Gasteiger partial charge < -0.3 is 10.1 Å². The van der Waals surface area contributed by atoms with E-state index in [-0.39, 0.29) is 18.3 Å². The third kappa shape index (κ3) is 4.17. The molecule has 26 heavy (non-hydrogen) atoms. The van der Waals surface area contributed by atoms with Gasteiger partial charge in [-0.1, -0.05) is 29.3 Å². The molecule has 0 spiro atoms. The van der Waals surface area contributed by atoms with E-state index < -0.39 is 0 Å². The molecule has 0 atom stereocenters. The highest BCUT2D eigenvalue weighted by Crippen LogP contribution is 2.32. The van der Waals surface area contributed by atoms with E-state index in [0.29, 0.717) is 22.3 Å². The van der Waals surface area contributed by atoms with Crippen LogP contribution in [0.5, 0.6) is 5.75 Å². The molecule has 0 aliphatic carbocycles. The van der Waals surface area contributed by atoms with Crippen molar-refractivity contribution in [1.29, 1.82) is 0 Å². The van der Waals surface area contributed by atoms with Crippen LogP contribution < -0.4 is 10.1 Å². The topological polar surface area (TPSA) is 74.0 Å². The first-order chi connectivity index (χ1) is 12.4. The van der Waals surface area contributed by atoms with Crippen LogP contribution in [-0.4, -0.2) is 25.5 Å². The first-order valence-corrected chi connectivity index (χ1v) is 8.57. The fourth-order valence-electron chi connectivity index (χ4n) is 2.40. The van der Waals surface area contributed by atoms with Gasteiger partial charge in [-0.2, -0.15) is 10.2 Å². The Morgan fingerprint density at radius 3 is 2.62 bits per heavy atom. The van der Waals surface area contributed by atoms with Gasteiger partial charge in [0.05, 0.1) is 28.0 Å². The van der Waals surface area contributed by atoms with Crippen LogP contribution in [0.4, 0.5) is 0 Å². The van der Waals surface area contributed by atoms with E-state index in [0.717, 1.165) is 11.4 Å². The lowest BCUT2D eigenvalue weighted by Gasteiger charge is -2.09. The Morgan fingerprint density at radius 2 is 1.96 bits per heavy atom. The van der Waals surface area contributed by atoms with Gasteiger partial charge in [0.2, 0.25) is 0 Å². The molecule has 9 heteroatoms. The molecular formula is C17H17Cl2N5O2. The summed E-state index contributed by atoms with van der Waals surface area (Å²) in [5.41, 5.74) is 2.10. The Bertz CT molecular complexity index is 915. The number of rotatable bonds is 6. The lowest BCUT2D eigenvalue weighted by Crippen LogP contribution is -2.24. The molecule has 136 valence electrons. The van der Waals surface area contributed by atoms with Gasteiger partial charge in [0.25, 0.3) is 5.91 Å². The Labute approximate surface area is 160 Å². The largest absolute Gasteiger partial charge is 0.468 e. The van der Waals surface area contributed by atoms with Gasteiger partial charge in [-0.3, -0.25) is 9.48 Å². The Balaban J connectivity index is 1.58. The summed E-state index contributed by atoms with van der Waals surface area (Å²) in [6.45, 7) is 2.35. The molecule has 0 unspecified atom stereocenters. The molecular weight excluding hydrogens is 377 g/mol. The van der Waals surface area contributed by atoms with Crippen molar-refractivity contribution in [2.24, 2.45) is 7.05 Å². The molecule has 0 fully saturated rings. The monoisotopic (exact) mass is 393 g/mol. The maximum atomic E-state index is 12.2. The van der Waals surface area contributed by atoms with E-state index in [1.165, 1.54) is 4.68 Å². The molecule has 0 bridgehead atoms. The molecule has 2 aromatic heterocycles. The number of amides is 1. The van der Waals surface area contributed by atoms with Crippen LogP contribution in [0.15, 0.2) is 36.5 Å². The number of hydrogen-bond donors (Lipinski definition) is 1. The summed E-state index contributed by atoms with van der Waals surface area (Å²) < 4.78 is 8.81. The van der Waals surface area contributed by atoms with Gasteiger partial charge in [-0.15, -0.1) is 0 Å². The van der Waals surface area contributed by atoms with Crippen LogP contribution >= 0.6 is 23.2 Å². The number of ether oxygens (including phenoxy) is 1. The van der Waals surface area contributed by atoms with Gasteiger partial charge in [-0.05, 0) is 31.2 Å². The zero-order valence-electron chi connectivity index (χ0n) is 14.2. The van der Waals surface area contributed by atoms with Gasteiger partial charge in [0, 0.05) is 13.2 Å². The number of hydrogen-bond acceptors (Lipinski definition) is 4. The molecule has 1 amide bonds. The first kappa shape index (κ1) is 18.3. The van der Waals surface area contributed by atoms with Crippen molar-refractivity contribution in [2.45, 2.75) is 20.2 Å². The second-order valence-electron chi connectivity index (χ2n) is 5.65. The number of carbonyl (C=O) groups excluding carboxylic acids is 1. The zero-order chi connectivity index (χ0) is 18.7. The summed E-state index contributed by atoms with van der Waals surface area (Å²) >= 11 is 12.1. The van der Waals surface area contributed by atoms with E-state index in [1.807, 2.05) is 20.0 Å². The second-order valence-corrected chi connectivity index (χ2v) is 6.46. The lowest BCUT2D eigenvalue weighted by atomic mass is 10.3. The normalized spacial score (nSPS) is 10.8. The Kier molecular flexibility index (Phi) is 5.49. The van der Waals surface area contributed by atoms with E-state index in [2.05, 4.69) is 15.5 Å². The summed E-state index contributed by atoms with van der Waals surface area (Å²) in [6, 6.07) is 8.63. The van der Waals surface area contributed by atoms with Crippen LogP contribution in [-0.2, 0) is 20.3 Å². The molecule has 0 aliphatic rings. The number of carbonyl (C=O) groups is 1. The maximum absolute atomic E-state index is 12.2. The SMILES string of the molecule is Cc1cc(CNC(=O)c2ccn(COc3c(Cl)cccc3Cl)n2)n(C)n1. The highest BCUT2D eigenvalue weighted by molar-refractivity contribution is 6.37. The van der Waals surface area contributed by atoms with Crippen molar-refractivity contribution in [3.63, 3.8) is 0 Å². The molecule has 0 saturated carbocycles. The van der Waals surface area contributed by atoms with Gasteiger partial charge in [0.15, 0.2) is 12.5 Å². The highest BCUT2D eigenvalue weighted by atomic mass is 35.5. The zero-order valence-corrected chi connectivity index (χ0v) is 15.8. The van der Waals surface area contributed by atoms with Crippen LogP contribution in [0.1, 0.15) is 21.9 Å². The fraction of sp³-hybridized carbons (Fsp3) is 0.235. The number of benzene rings is 1. The first-order valence-electron chi connectivity index (χ1n) is 7.82. The number of aryl methyl sites for hydroxylation is 2.